The van der Waals surface area contributed by atoms with E-state index >= 15 is 0 Å². The third-order valence-corrected chi connectivity index (χ3v) is 1.29. The van der Waals surface area contributed by atoms with Crippen LogP contribution in [0, 0.1) is 6.92 Å². The fourth-order valence-corrected chi connectivity index (χ4v) is 0.815. The van der Waals surface area contributed by atoms with Crippen LogP contribution in [0.1, 0.15) is 11.8 Å². The number of aromatic nitrogens is 2. The van der Waals surface area contributed by atoms with Crippen LogP contribution in [-0.4, -0.2) is 19.0 Å². The SMILES string of the molecule is Cc1nnc(CS(=O)[O-])o1. The maximum atomic E-state index is 10.1. The van der Waals surface area contributed by atoms with Crippen LogP contribution in [-0.2, 0) is 16.8 Å². The van der Waals surface area contributed by atoms with Gasteiger partial charge in [0.2, 0.25) is 11.8 Å². The number of hydrogen-bond acceptors (Lipinski definition) is 5. The highest BCUT2D eigenvalue weighted by Crippen LogP contribution is 1.99. The van der Waals surface area contributed by atoms with Crippen molar-refractivity contribution in [1.82, 2.24) is 10.2 Å². The predicted octanol–water partition coefficient (Wildman–Crippen LogP) is -0.243. The van der Waals surface area contributed by atoms with Crippen molar-refractivity contribution in [2.75, 3.05) is 0 Å². The van der Waals surface area contributed by atoms with Gasteiger partial charge in [-0.2, -0.15) is 0 Å². The van der Waals surface area contributed by atoms with Crippen molar-refractivity contribution in [3.63, 3.8) is 0 Å². The molecule has 1 rings (SSSR count). The molecule has 0 saturated heterocycles. The Morgan fingerprint density at radius 1 is 1.70 bits per heavy atom. The zero-order chi connectivity index (χ0) is 7.56. The first-order chi connectivity index (χ1) is 4.68. The Kier molecular flexibility index (Phi) is 2.13. The first kappa shape index (κ1) is 7.36. The topological polar surface area (TPSA) is 79.0 Å². The molecule has 0 bridgehead atoms. The molecule has 0 N–H and O–H groups in total. The van der Waals surface area contributed by atoms with Gasteiger partial charge in [-0.15, -0.1) is 10.2 Å². The van der Waals surface area contributed by atoms with E-state index < -0.39 is 11.1 Å². The Bertz CT molecular complexity index is 246. The van der Waals surface area contributed by atoms with Gasteiger partial charge in [-0.1, -0.05) is 0 Å². The fourth-order valence-electron chi connectivity index (χ4n) is 0.497. The molecule has 0 aliphatic carbocycles. The molecule has 1 aromatic heterocycles. The quantitative estimate of drug-likeness (QED) is 0.559. The van der Waals surface area contributed by atoms with Crippen LogP contribution in [0.15, 0.2) is 4.42 Å². The van der Waals surface area contributed by atoms with Crippen molar-refractivity contribution in [3.8, 4) is 0 Å². The summed E-state index contributed by atoms with van der Waals surface area (Å²) in [5.74, 6) is 0.298. The second kappa shape index (κ2) is 2.89. The molecule has 0 amide bonds. The van der Waals surface area contributed by atoms with Gasteiger partial charge in [-0.25, -0.2) is 0 Å². The number of rotatable bonds is 2. The van der Waals surface area contributed by atoms with Crippen molar-refractivity contribution < 1.29 is 13.2 Å². The first-order valence-corrected chi connectivity index (χ1v) is 3.78. The molecular formula is C4H5N2O3S-. The second-order valence-electron chi connectivity index (χ2n) is 1.66. The van der Waals surface area contributed by atoms with Gasteiger partial charge in [0.25, 0.3) is 0 Å². The standard InChI is InChI=1S/C4H6N2O3S/c1-3-5-6-4(9-3)2-10(7)8/h2H2,1H3,(H,7,8)/p-1. The Balaban J connectivity index is 2.67. The Hall–Kier alpha value is -0.750. The summed E-state index contributed by atoms with van der Waals surface area (Å²) in [6, 6.07) is 0. The van der Waals surface area contributed by atoms with E-state index in [1.807, 2.05) is 0 Å². The van der Waals surface area contributed by atoms with Gasteiger partial charge in [-0.3, -0.25) is 4.21 Å². The molecule has 1 aromatic rings. The van der Waals surface area contributed by atoms with Crippen LogP contribution in [0.5, 0.6) is 0 Å². The second-order valence-corrected chi connectivity index (χ2v) is 2.56. The van der Waals surface area contributed by atoms with Gasteiger partial charge in [-0.05, 0) is 11.1 Å². The molecule has 1 atom stereocenters. The summed E-state index contributed by atoms with van der Waals surface area (Å²) >= 11 is -2.15. The molecule has 0 aromatic carbocycles. The molecule has 6 heteroatoms. The summed E-state index contributed by atoms with van der Waals surface area (Å²) in [6.45, 7) is 1.60. The summed E-state index contributed by atoms with van der Waals surface area (Å²) in [5, 5.41) is 6.93. The normalized spacial score (nSPS) is 13.4. The third kappa shape index (κ3) is 1.89. The van der Waals surface area contributed by atoms with Gasteiger partial charge >= 0.3 is 0 Å². The van der Waals surface area contributed by atoms with E-state index in [-0.39, 0.29) is 11.6 Å². The van der Waals surface area contributed by atoms with Crippen molar-refractivity contribution >= 4 is 11.1 Å². The predicted molar refractivity (Wildman–Crippen MR) is 31.7 cm³/mol. The Morgan fingerprint density at radius 2 is 2.40 bits per heavy atom. The average molecular weight is 161 g/mol. The van der Waals surface area contributed by atoms with E-state index in [9.17, 15) is 8.76 Å². The highest BCUT2D eigenvalue weighted by atomic mass is 32.2. The number of nitrogens with zero attached hydrogens (tertiary/aromatic N) is 2. The monoisotopic (exact) mass is 161 g/mol. The number of aryl methyl sites for hydroxylation is 1. The van der Waals surface area contributed by atoms with Crippen LogP contribution in [0.3, 0.4) is 0 Å². The lowest BCUT2D eigenvalue weighted by atomic mass is 10.8. The minimum atomic E-state index is -2.15. The molecule has 10 heavy (non-hydrogen) atoms. The maximum Gasteiger partial charge on any atom is 0.227 e. The zero-order valence-electron chi connectivity index (χ0n) is 5.23. The lowest BCUT2D eigenvalue weighted by Gasteiger charge is -1.97. The molecule has 1 heterocycles. The third-order valence-electron chi connectivity index (χ3n) is 0.809. The smallest absolute Gasteiger partial charge is 0.227 e. The highest BCUT2D eigenvalue weighted by molar-refractivity contribution is 7.78. The van der Waals surface area contributed by atoms with Crippen LogP contribution in [0.25, 0.3) is 0 Å². The summed E-state index contributed by atoms with van der Waals surface area (Å²) < 4.78 is 24.9. The van der Waals surface area contributed by atoms with E-state index in [1.54, 1.807) is 6.92 Å². The molecule has 0 saturated carbocycles. The van der Waals surface area contributed by atoms with Crippen molar-refractivity contribution in [2.24, 2.45) is 0 Å². The summed E-state index contributed by atoms with van der Waals surface area (Å²) in [7, 11) is 0. The minimum Gasteiger partial charge on any atom is -0.772 e. The molecule has 0 aliphatic heterocycles. The van der Waals surface area contributed by atoms with E-state index in [2.05, 4.69) is 10.2 Å². The fraction of sp³-hybridized carbons (Fsp3) is 0.500. The van der Waals surface area contributed by atoms with Crippen LogP contribution >= 0.6 is 0 Å². The lowest BCUT2D eigenvalue weighted by molar-refractivity contribution is 0.473. The Morgan fingerprint density at radius 3 is 2.80 bits per heavy atom. The maximum absolute atomic E-state index is 10.1. The molecule has 56 valence electrons. The van der Waals surface area contributed by atoms with Crippen LogP contribution < -0.4 is 0 Å². The summed E-state index contributed by atoms with van der Waals surface area (Å²) in [5.41, 5.74) is 0. The van der Waals surface area contributed by atoms with Crippen LogP contribution in [0.4, 0.5) is 0 Å². The zero-order valence-corrected chi connectivity index (χ0v) is 6.05. The van der Waals surface area contributed by atoms with Gasteiger partial charge in [0, 0.05) is 6.92 Å². The molecule has 5 nitrogen and oxygen atoms in total. The molecule has 0 aliphatic rings. The van der Waals surface area contributed by atoms with Crippen molar-refractivity contribution in [2.45, 2.75) is 12.7 Å². The van der Waals surface area contributed by atoms with Crippen LogP contribution in [0.2, 0.25) is 0 Å². The molecule has 0 radical (unpaired) electrons. The summed E-state index contributed by atoms with van der Waals surface area (Å²) in [4.78, 5) is 0. The van der Waals surface area contributed by atoms with Gasteiger partial charge in [0.05, 0.1) is 5.75 Å². The largest absolute Gasteiger partial charge is 0.772 e. The first-order valence-electron chi connectivity index (χ1n) is 2.53. The van der Waals surface area contributed by atoms with Gasteiger partial charge < -0.3 is 8.97 Å². The lowest BCUT2D eigenvalue weighted by Crippen LogP contribution is -1.92. The molecule has 0 fully saturated rings. The van der Waals surface area contributed by atoms with E-state index in [4.69, 9.17) is 4.42 Å². The molecule has 0 spiro atoms. The van der Waals surface area contributed by atoms with Gasteiger partial charge in [0.15, 0.2) is 0 Å². The highest BCUT2D eigenvalue weighted by Gasteiger charge is 1.99. The Labute approximate surface area is 59.7 Å². The van der Waals surface area contributed by atoms with Crippen molar-refractivity contribution in [3.05, 3.63) is 11.8 Å². The van der Waals surface area contributed by atoms with E-state index in [1.165, 1.54) is 0 Å². The van der Waals surface area contributed by atoms with E-state index in [0.29, 0.717) is 5.89 Å². The van der Waals surface area contributed by atoms with Gasteiger partial charge in [0.1, 0.15) is 0 Å². The van der Waals surface area contributed by atoms with E-state index in [0.717, 1.165) is 0 Å². The molecular weight excluding hydrogens is 156 g/mol. The minimum absolute atomic E-state index is 0.130. The average Bonchev–Trinajstić information content (AvgIpc) is 2.13. The number of hydrogen-bond donors (Lipinski definition) is 0. The summed E-state index contributed by atoms with van der Waals surface area (Å²) in [6.07, 6.45) is 0. The molecule has 1 unspecified atom stereocenters. The van der Waals surface area contributed by atoms with Crippen molar-refractivity contribution in [1.29, 1.82) is 0 Å².